The maximum Gasteiger partial charge on any atom is 0.255 e. The largest absolute Gasteiger partial charge is 0.343 e. The molecule has 0 aliphatic carbocycles. The SMILES string of the molecule is CCC(C)C(C(=O)N1CCCCCC1)N1C(=O)c2ccccc2C1c1c(-c2ccc(C)cc2)n(C)c2ccccc12. The van der Waals surface area contributed by atoms with E-state index in [1.165, 1.54) is 5.56 Å². The van der Waals surface area contributed by atoms with Crippen molar-refractivity contribution in [1.82, 2.24) is 14.4 Å². The van der Waals surface area contributed by atoms with Crippen LogP contribution in [0.3, 0.4) is 0 Å². The molecular formula is C36H41N3O2. The van der Waals surface area contributed by atoms with E-state index in [9.17, 15) is 9.59 Å². The van der Waals surface area contributed by atoms with Crippen LogP contribution < -0.4 is 0 Å². The van der Waals surface area contributed by atoms with E-state index in [2.05, 4.69) is 87.0 Å². The van der Waals surface area contributed by atoms with Gasteiger partial charge in [-0.2, -0.15) is 0 Å². The van der Waals surface area contributed by atoms with Crippen molar-refractivity contribution in [3.05, 3.63) is 95.1 Å². The lowest BCUT2D eigenvalue weighted by Crippen LogP contribution is -2.53. The average Bonchev–Trinajstić information content (AvgIpc) is 3.27. The monoisotopic (exact) mass is 547 g/mol. The first kappa shape index (κ1) is 27.3. The standard InChI is InChI=1S/C36H41N3O2/c1-5-25(3)32(36(41)38-22-12-6-7-13-23-38)39-34(27-14-8-9-15-28(27)35(39)40)31-29-16-10-11-17-30(29)37(4)33(31)26-20-18-24(2)19-21-26/h8-11,14-21,25,32,34H,5-7,12-13,22-23H2,1-4H3. The zero-order valence-electron chi connectivity index (χ0n) is 24.8. The summed E-state index contributed by atoms with van der Waals surface area (Å²) < 4.78 is 2.26. The van der Waals surface area contributed by atoms with E-state index in [1.807, 2.05) is 28.0 Å². The van der Waals surface area contributed by atoms with Crippen molar-refractivity contribution in [3.63, 3.8) is 0 Å². The molecule has 2 aliphatic rings. The lowest BCUT2D eigenvalue weighted by Gasteiger charge is -2.39. The molecule has 3 heterocycles. The first-order valence-electron chi connectivity index (χ1n) is 15.3. The number of hydrogen-bond donors (Lipinski definition) is 0. The molecule has 41 heavy (non-hydrogen) atoms. The van der Waals surface area contributed by atoms with E-state index >= 15 is 0 Å². The normalized spacial score (nSPS) is 18.8. The van der Waals surface area contributed by atoms with Crippen molar-refractivity contribution in [2.45, 2.75) is 65.0 Å². The smallest absolute Gasteiger partial charge is 0.255 e. The summed E-state index contributed by atoms with van der Waals surface area (Å²) in [5.74, 6) is 0.0794. The average molecular weight is 548 g/mol. The molecule has 6 rings (SSSR count). The minimum absolute atomic E-state index is 0.0179. The number of benzene rings is 3. The summed E-state index contributed by atoms with van der Waals surface area (Å²) in [6.07, 6.45) is 5.18. The number of para-hydroxylation sites is 1. The lowest BCUT2D eigenvalue weighted by molar-refractivity contribution is -0.138. The van der Waals surface area contributed by atoms with Crippen LogP contribution in [0.25, 0.3) is 22.2 Å². The van der Waals surface area contributed by atoms with Crippen molar-refractivity contribution in [1.29, 1.82) is 0 Å². The second-order valence-electron chi connectivity index (χ2n) is 12.0. The Morgan fingerprint density at radius 2 is 1.56 bits per heavy atom. The van der Waals surface area contributed by atoms with Crippen LogP contribution >= 0.6 is 0 Å². The Labute approximate surface area is 243 Å². The second-order valence-corrected chi connectivity index (χ2v) is 12.0. The van der Waals surface area contributed by atoms with Crippen LogP contribution in [0, 0.1) is 12.8 Å². The molecule has 4 aromatic rings. The maximum atomic E-state index is 14.5. The van der Waals surface area contributed by atoms with Crippen LogP contribution in [0.4, 0.5) is 0 Å². The number of aromatic nitrogens is 1. The number of fused-ring (bicyclic) bond motifs is 2. The Hall–Kier alpha value is -3.86. The van der Waals surface area contributed by atoms with Crippen molar-refractivity contribution in [2.24, 2.45) is 13.0 Å². The van der Waals surface area contributed by atoms with Crippen molar-refractivity contribution in [2.75, 3.05) is 13.1 Å². The number of aryl methyl sites for hydroxylation is 2. The minimum Gasteiger partial charge on any atom is -0.343 e. The third kappa shape index (κ3) is 4.65. The van der Waals surface area contributed by atoms with E-state index in [1.54, 1.807) is 0 Å². The molecule has 1 fully saturated rings. The molecule has 3 aromatic carbocycles. The summed E-state index contributed by atoms with van der Waals surface area (Å²) in [5, 5.41) is 1.12. The Morgan fingerprint density at radius 3 is 2.27 bits per heavy atom. The van der Waals surface area contributed by atoms with Crippen molar-refractivity contribution >= 4 is 22.7 Å². The molecule has 0 radical (unpaired) electrons. The minimum atomic E-state index is -0.534. The molecule has 0 N–H and O–H groups in total. The molecule has 0 spiro atoms. The second kappa shape index (κ2) is 11.2. The fourth-order valence-corrected chi connectivity index (χ4v) is 7.02. The topological polar surface area (TPSA) is 45.6 Å². The van der Waals surface area contributed by atoms with E-state index in [0.717, 1.165) is 78.5 Å². The van der Waals surface area contributed by atoms with Gasteiger partial charge in [0, 0.05) is 42.2 Å². The third-order valence-corrected chi connectivity index (χ3v) is 9.40. The van der Waals surface area contributed by atoms with E-state index < -0.39 is 6.04 Å². The Bertz CT molecular complexity index is 1580. The van der Waals surface area contributed by atoms with Gasteiger partial charge in [0.15, 0.2) is 0 Å². The quantitative estimate of drug-likeness (QED) is 0.251. The first-order valence-corrected chi connectivity index (χ1v) is 15.3. The van der Waals surface area contributed by atoms with Gasteiger partial charge < -0.3 is 14.4 Å². The highest BCUT2D eigenvalue weighted by atomic mass is 16.2. The number of hydrogen-bond acceptors (Lipinski definition) is 2. The van der Waals surface area contributed by atoms with Crippen LogP contribution in [0.5, 0.6) is 0 Å². The van der Waals surface area contributed by atoms with Crippen LogP contribution in [0.15, 0.2) is 72.8 Å². The molecule has 2 aliphatic heterocycles. The van der Waals surface area contributed by atoms with Crippen LogP contribution in [0.1, 0.15) is 79.0 Å². The summed E-state index contributed by atoms with van der Waals surface area (Å²) in [6, 6.07) is 24.2. The van der Waals surface area contributed by atoms with Gasteiger partial charge in [0.1, 0.15) is 6.04 Å². The molecule has 5 heteroatoms. The molecule has 1 saturated heterocycles. The molecule has 2 amide bonds. The van der Waals surface area contributed by atoms with Gasteiger partial charge >= 0.3 is 0 Å². The molecule has 5 nitrogen and oxygen atoms in total. The zero-order chi connectivity index (χ0) is 28.7. The van der Waals surface area contributed by atoms with Crippen LogP contribution in [0.2, 0.25) is 0 Å². The Kier molecular flexibility index (Phi) is 7.46. The molecule has 0 saturated carbocycles. The lowest BCUT2D eigenvalue weighted by atomic mass is 9.90. The fourth-order valence-electron chi connectivity index (χ4n) is 7.02. The van der Waals surface area contributed by atoms with Gasteiger partial charge in [0.2, 0.25) is 5.91 Å². The maximum absolute atomic E-state index is 14.5. The number of nitrogens with zero attached hydrogens (tertiary/aromatic N) is 3. The highest BCUT2D eigenvalue weighted by molar-refractivity contribution is 6.04. The van der Waals surface area contributed by atoms with Gasteiger partial charge in [-0.05, 0) is 48.9 Å². The summed E-state index contributed by atoms with van der Waals surface area (Å²) in [6.45, 7) is 7.91. The number of rotatable bonds is 6. The summed E-state index contributed by atoms with van der Waals surface area (Å²) >= 11 is 0. The molecule has 0 bridgehead atoms. The molecule has 212 valence electrons. The Balaban J connectivity index is 1.60. The summed E-state index contributed by atoms with van der Waals surface area (Å²) in [7, 11) is 2.11. The molecule has 3 unspecified atom stereocenters. The predicted octanol–water partition coefficient (Wildman–Crippen LogP) is 7.52. The van der Waals surface area contributed by atoms with E-state index in [4.69, 9.17) is 0 Å². The van der Waals surface area contributed by atoms with Gasteiger partial charge in [-0.15, -0.1) is 0 Å². The van der Waals surface area contributed by atoms with E-state index in [-0.39, 0.29) is 23.8 Å². The number of likely N-dealkylation sites (tertiary alicyclic amines) is 1. The Morgan fingerprint density at radius 1 is 0.902 bits per heavy atom. The van der Waals surface area contributed by atoms with Crippen molar-refractivity contribution in [3.8, 4) is 11.3 Å². The van der Waals surface area contributed by atoms with Crippen molar-refractivity contribution < 1.29 is 9.59 Å². The van der Waals surface area contributed by atoms with Gasteiger partial charge in [-0.25, -0.2) is 0 Å². The summed E-state index contributed by atoms with van der Waals surface area (Å²) in [5.41, 5.74) is 7.32. The van der Waals surface area contributed by atoms with Crippen LogP contribution in [-0.4, -0.2) is 45.3 Å². The zero-order valence-corrected chi connectivity index (χ0v) is 24.8. The molecule has 1 aromatic heterocycles. The van der Waals surface area contributed by atoms with Gasteiger partial charge in [0.05, 0.1) is 11.7 Å². The highest BCUT2D eigenvalue weighted by Gasteiger charge is 2.48. The summed E-state index contributed by atoms with van der Waals surface area (Å²) in [4.78, 5) is 33.0. The molecule has 3 atom stereocenters. The van der Waals surface area contributed by atoms with E-state index in [0.29, 0.717) is 5.56 Å². The van der Waals surface area contributed by atoms with Gasteiger partial charge in [-0.1, -0.05) is 99.3 Å². The molecular weight excluding hydrogens is 506 g/mol. The predicted molar refractivity (Wildman–Crippen MR) is 166 cm³/mol. The third-order valence-electron chi connectivity index (χ3n) is 9.40. The number of carbonyl (C=O) groups is 2. The number of carbonyl (C=O) groups excluding carboxylic acids is 2. The first-order chi connectivity index (χ1) is 19.9. The van der Waals surface area contributed by atoms with Gasteiger partial charge in [0.25, 0.3) is 5.91 Å². The highest BCUT2D eigenvalue weighted by Crippen LogP contribution is 2.48. The van der Waals surface area contributed by atoms with Crippen LogP contribution in [-0.2, 0) is 11.8 Å². The fraction of sp³-hybridized carbons (Fsp3) is 0.389. The number of amides is 2. The van der Waals surface area contributed by atoms with Gasteiger partial charge in [-0.3, -0.25) is 9.59 Å².